The van der Waals surface area contributed by atoms with Gasteiger partial charge in [0.25, 0.3) is 0 Å². The van der Waals surface area contributed by atoms with Gasteiger partial charge in [-0.1, -0.05) is 20.8 Å². The Bertz CT molecular complexity index is 175. The molecule has 0 saturated carbocycles. The van der Waals surface area contributed by atoms with Crippen molar-refractivity contribution in [1.29, 1.82) is 5.26 Å². The van der Waals surface area contributed by atoms with Crippen LogP contribution in [0.1, 0.15) is 33.6 Å². The third-order valence-corrected chi connectivity index (χ3v) is 2.06. The van der Waals surface area contributed by atoms with E-state index < -0.39 is 0 Å². The van der Waals surface area contributed by atoms with E-state index in [4.69, 9.17) is 10.00 Å². The fraction of sp³-hybridized carbons (Fsp3) is 0.917. The molecule has 0 aromatic heterocycles. The summed E-state index contributed by atoms with van der Waals surface area (Å²) in [5.41, 5.74) is 0. The summed E-state index contributed by atoms with van der Waals surface area (Å²) < 4.78 is 5.45. The second-order valence-electron chi connectivity index (χ2n) is 4.21. The maximum absolute atomic E-state index is 8.55. The Morgan fingerprint density at radius 2 is 2.00 bits per heavy atom. The summed E-state index contributed by atoms with van der Waals surface area (Å²) in [5, 5.41) is 8.55. The summed E-state index contributed by atoms with van der Waals surface area (Å²) in [7, 11) is 0. The van der Waals surface area contributed by atoms with Gasteiger partial charge in [-0.3, -0.25) is 4.90 Å². The van der Waals surface area contributed by atoms with E-state index in [0.29, 0.717) is 12.3 Å². The summed E-state index contributed by atoms with van der Waals surface area (Å²) in [6.45, 7) is 11.0. The van der Waals surface area contributed by atoms with Crippen molar-refractivity contribution in [3.63, 3.8) is 0 Å². The standard InChI is InChI=1S/C12H24N2O/c1-4-9-15-10-8-14(7-5-6-13)11-12(2)3/h12H,4-5,7-11H2,1-3H3. The van der Waals surface area contributed by atoms with Gasteiger partial charge in [0.05, 0.1) is 12.7 Å². The molecule has 3 nitrogen and oxygen atoms in total. The Labute approximate surface area is 94.0 Å². The fourth-order valence-electron chi connectivity index (χ4n) is 1.46. The Morgan fingerprint density at radius 1 is 1.27 bits per heavy atom. The van der Waals surface area contributed by atoms with Gasteiger partial charge in [0.2, 0.25) is 0 Å². The minimum Gasteiger partial charge on any atom is -0.380 e. The third kappa shape index (κ3) is 9.71. The predicted octanol–water partition coefficient (Wildman–Crippen LogP) is 2.28. The monoisotopic (exact) mass is 212 g/mol. The Kier molecular flexibility index (Phi) is 9.55. The molecule has 0 atom stereocenters. The van der Waals surface area contributed by atoms with Crippen molar-refractivity contribution < 1.29 is 4.74 Å². The predicted molar refractivity (Wildman–Crippen MR) is 62.6 cm³/mol. The zero-order chi connectivity index (χ0) is 11.5. The second-order valence-corrected chi connectivity index (χ2v) is 4.21. The van der Waals surface area contributed by atoms with Crippen molar-refractivity contribution in [2.75, 3.05) is 32.8 Å². The summed E-state index contributed by atoms with van der Waals surface area (Å²) in [6.07, 6.45) is 1.68. The highest BCUT2D eigenvalue weighted by Crippen LogP contribution is 1.99. The van der Waals surface area contributed by atoms with Gasteiger partial charge in [0.15, 0.2) is 0 Å². The first-order valence-electron chi connectivity index (χ1n) is 5.87. The quantitative estimate of drug-likeness (QED) is 0.550. The number of rotatable bonds is 9. The van der Waals surface area contributed by atoms with E-state index in [2.05, 4.69) is 31.7 Å². The van der Waals surface area contributed by atoms with Crippen LogP contribution in [0.3, 0.4) is 0 Å². The first kappa shape index (κ1) is 14.4. The SMILES string of the molecule is CCCOCCN(CCC#N)CC(C)C. The van der Waals surface area contributed by atoms with Gasteiger partial charge >= 0.3 is 0 Å². The van der Waals surface area contributed by atoms with Gasteiger partial charge in [0, 0.05) is 32.7 Å². The van der Waals surface area contributed by atoms with E-state index in [-0.39, 0.29) is 0 Å². The van der Waals surface area contributed by atoms with Crippen molar-refractivity contribution in [1.82, 2.24) is 4.90 Å². The molecule has 0 saturated heterocycles. The lowest BCUT2D eigenvalue weighted by molar-refractivity contribution is 0.100. The molecular weight excluding hydrogens is 188 g/mol. The largest absolute Gasteiger partial charge is 0.380 e. The van der Waals surface area contributed by atoms with Crippen LogP contribution in [0.2, 0.25) is 0 Å². The molecule has 0 aliphatic heterocycles. The van der Waals surface area contributed by atoms with Gasteiger partial charge < -0.3 is 4.74 Å². The van der Waals surface area contributed by atoms with E-state index in [1.165, 1.54) is 0 Å². The van der Waals surface area contributed by atoms with Gasteiger partial charge in [-0.25, -0.2) is 0 Å². The molecule has 0 unspecified atom stereocenters. The molecule has 0 radical (unpaired) electrons. The minimum atomic E-state index is 0.612. The zero-order valence-electron chi connectivity index (χ0n) is 10.3. The van der Waals surface area contributed by atoms with Gasteiger partial charge in [0.1, 0.15) is 0 Å². The van der Waals surface area contributed by atoms with Gasteiger partial charge in [-0.15, -0.1) is 0 Å². The fourth-order valence-corrected chi connectivity index (χ4v) is 1.46. The highest BCUT2D eigenvalue weighted by Gasteiger charge is 2.06. The highest BCUT2D eigenvalue weighted by atomic mass is 16.5. The third-order valence-electron chi connectivity index (χ3n) is 2.06. The van der Waals surface area contributed by atoms with Crippen LogP contribution in [0, 0.1) is 17.2 Å². The number of hydrogen-bond donors (Lipinski definition) is 0. The average Bonchev–Trinajstić information content (AvgIpc) is 2.19. The number of hydrogen-bond acceptors (Lipinski definition) is 3. The normalized spacial score (nSPS) is 10.9. The van der Waals surface area contributed by atoms with Gasteiger partial charge in [-0.2, -0.15) is 5.26 Å². The average molecular weight is 212 g/mol. The molecule has 0 N–H and O–H groups in total. The maximum atomic E-state index is 8.55. The number of nitriles is 1. The molecule has 0 spiro atoms. The zero-order valence-corrected chi connectivity index (χ0v) is 10.3. The lowest BCUT2D eigenvalue weighted by Crippen LogP contribution is -2.32. The van der Waals surface area contributed by atoms with Crippen LogP contribution in [0.4, 0.5) is 0 Å². The van der Waals surface area contributed by atoms with Crippen LogP contribution in [-0.4, -0.2) is 37.7 Å². The van der Waals surface area contributed by atoms with Crippen molar-refractivity contribution in [3.05, 3.63) is 0 Å². The first-order valence-corrected chi connectivity index (χ1v) is 5.87. The van der Waals surface area contributed by atoms with Crippen LogP contribution in [0.15, 0.2) is 0 Å². The molecule has 0 bridgehead atoms. The Hall–Kier alpha value is -0.590. The highest BCUT2D eigenvalue weighted by molar-refractivity contribution is 4.72. The minimum absolute atomic E-state index is 0.612. The van der Waals surface area contributed by atoms with Crippen LogP contribution in [0.25, 0.3) is 0 Å². The van der Waals surface area contributed by atoms with E-state index >= 15 is 0 Å². The molecule has 0 heterocycles. The molecule has 88 valence electrons. The summed E-state index contributed by atoms with van der Waals surface area (Å²) in [4.78, 5) is 2.31. The van der Waals surface area contributed by atoms with Crippen molar-refractivity contribution >= 4 is 0 Å². The maximum Gasteiger partial charge on any atom is 0.0635 e. The summed E-state index contributed by atoms with van der Waals surface area (Å²) >= 11 is 0. The molecule has 0 rings (SSSR count). The van der Waals surface area contributed by atoms with E-state index in [0.717, 1.165) is 39.3 Å². The molecule has 15 heavy (non-hydrogen) atoms. The molecule has 0 fully saturated rings. The molecule has 0 aliphatic rings. The van der Waals surface area contributed by atoms with Crippen LogP contribution in [-0.2, 0) is 4.74 Å². The topological polar surface area (TPSA) is 36.3 Å². The molecular formula is C12H24N2O. The molecule has 0 aromatic rings. The Balaban J connectivity index is 3.65. The van der Waals surface area contributed by atoms with Crippen LogP contribution >= 0.6 is 0 Å². The molecule has 0 aliphatic carbocycles. The van der Waals surface area contributed by atoms with Crippen LogP contribution < -0.4 is 0 Å². The molecule has 0 aromatic carbocycles. The van der Waals surface area contributed by atoms with Crippen molar-refractivity contribution in [2.24, 2.45) is 5.92 Å². The second kappa shape index (κ2) is 9.95. The van der Waals surface area contributed by atoms with E-state index in [1.54, 1.807) is 0 Å². The summed E-state index contributed by atoms with van der Waals surface area (Å²) in [5.74, 6) is 0.648. The first-order chi connectivity index (χ1) is 7.20. The lowest BCUT2D eigenvalue weighted by atomic mass is 10.2. The molecule has 3 heteroatoms. The van der Waals surface area contributed by atoms with E-state index in [9.17, 15) is 0 Å². The Morgan fingerprint density at radius 3 is 2.53 bits per heavy atom. The number of nitrogens with zero attached hydrogens (tertiary/aromatic N) is 2. The van der Waals surface area contributed by atoms with Crippen molar-refractivity contribution in [2.45, 2.75) is 33.6 Å². The number of ether oxygens (including phenoxy) is 1. The van der Waals surface area contributed by atoms with E-state index in [1.807, 2.05) is 0 Å². The molecule has 0 amide bonds. The van der Waals surface area contributed by atoms with Crippen molar-refractivity contribution in [3.8, 4) is 6.07 Å². The van der Waals surface area contributed by atoms with Gasteiger partial charge in [-0.05, 0) is 12.3 Å². The lowest BCUT2D eigenvalue weighted by Gasteiger charge is -2.22. The summed E-state index contributed by atoms with van der Waals surface area (Å²) in [6, 6.07) is 2.19. The smallest absolute Gasteiger partial charge is 0.0635 e. The van der Waals surface area contributed by atoms with Crippen LogP contribution in [0.5, 0.6) is 0 Å².